The third-order valence-electron chi connectivity index (χ3n) is 8.38. The molecule has 0 atom stereocenters. The number of benzene rings is 3. The van der Waals surface area contributed by atoms with E-state index in [1.54, 1.807) is 7.05 Å². The molecule has 1 aromatic heterocycles. The molecule has 0 aliphatic heterocycles. The highest BCUT2D eigenvalue weighted by Crippen LogP contribution is 2.44. The number of amides is 3. The molecule has 5 rings (SSSR count). The van der Waals surface area contributed by atoms with Crippen molar-refractivity contribution in [3.05, 3.63) is 95.7 Å². The van der Waals surface area contributed by atoms with Crippen LogP contribution in [0.25, 0.3) is 22.0 Å². The first-order chi connectivity index (χ1) is 21.3. The van der Waals surface area contributed by atoms with Gasteiger partial charge in [-0.1, -0.05) is 73.2 Å². The molecule has 44 heavy (non-hydrogen) atoms. The number of nitrogens with one attached hydrogen (secondary N) is 1. The number of ether oxygens (including phenoxy) is 1. The number of aryl methyl sites for hydroxylation is 1. The van der Waals surface area contributed by atoms with Crippen LogP contribution in [-0.4, -0.2) is 59.7 Å². The minimum absolute atomic E-state index is 0.00567. The van der Waals surface area contributed by atoms with Crippen molar-refractivity contribution in [1.82, 2.24) is 19.9 Å². The Morgan fingerprint density at radius 3 is 2.23 bits per heavy atom. The van der Waals surface area contributed by atoms with Crippen LogP contribution in [0.4, 0.5) is 4.79 Å². The highest BCUT2D eigenvalue weighted by molar-refractivity contribution is 5.82. The predicted molar refractivity (Wildman–Crippen MR) is 172 cm³/mol. The molecule has 230 valence electrons. The first-order valence-corrected chi connectivity index (χ1v) is 15.3. The Morgan fingerprint density at radius 1 is 0.864 bits per heavy atom. The molecular weight excluding hydrogens is 554 g/mol. The molecule has 1 heterocycles. The van der Waals surface area contributed by atoms with E-state index in [0.29, 0.717) is 32.5 Å². The summed E-state index contributed by atoms with van der Waals surface area (Å²) in [6.07, 6.45) is 2.68. The summed E-state index contributed by atoms with van der Waals surface area (Å²) >= 11 is 0. The third-order valence-corrected chi connectivity index (χ3v) is 8.38. The summed E-state index contributed by atoms with van der Waals surface area (Å²) in [6, 6.07) is 26.8. The summed E-state index contributed by atoms with van der Waals surface area (Å²) < 4.78 is 8.01. The summed E-state index contributed by atoms with van der Waals surface area (Å²) in [5, 5.41) is 7.38. The second kappa shape index (κ2) is 14.2. The Morgan fingerprint density at radius 2 is 1.52 bits per heavy atom. The van der Waals surface area contributed by atoms with Gasteiger partial charge in [-0.2, -0.15) is 0 Å². The minimum Gasteiger partial charge on any atom is -0.447 e. The van der Waals surface area contributed by atoms with E-state index in [-0.39, 0.29) is 24.3 Å². The zero-order valence-corrected chi connectivity index (χ0v) is 25.5. The number of carbonyl (C=O) groups is 3. The van der Waals surface area contributed by atoms with Gasteiger partial charge in [0, 0.05) is 57.2 Å². The summed E-state index contributed by atoms with van der Waals surface area (Å²) in [6.45, 7) is 1.80. The lowest BCUT2D eigenvalue weighted by molar-refractivity contribution is -0.121. The number of carbonyl (C=O) groups excluding carboxylic acids is 3. The summed E-state index contributed by atoms with van der Waals surface area (Å²) in [7, 11) is 3.57. The predicted octanol–water partition coefficient (Wildman–Crippen LogP) is 5.42. The van der Waals surface area contributed by atoms with Crippen LogP contribution in [0.3, 0.4) is 0 Å². The molecule has 0 radical (unpaired) electrons. The van der Waals surface area contributed by atoms with Crippen LogP contribution in [0.5, 0.6) is 0 Å². The summed E-state index contributed by atoms with van der Waals surface area (Å²) in [4.78, 5) is 36.7. The molecule has 0 bridgehead atoms. The van der Waals surface area contributed by atoms with Gasteiger partial charge in [0.25, 0.3) is 0 Å². The van der Waals surface area contributed by atoms with Gasteiger partial charge in [0.1, 0.15) is 6.61 Å². The molecule has 0 fully saturated rings. The maximum Gasteiger partial charge on any atom is 0.424 e. The average Bonchev–Trinajstić information content (AvgIpc) is 3.54. The smallest absolute Gasteiger partial charge is 0.424 e. The normalized spacial score (nSPS) is 12.2. The van der Waals surface area contributed by atoms with E-state index in [0.717, 1.165) is 35.9 Å². The number of aromatic nitrogens is 1. The fourth-order valence-corrected chi connectivity index (χ4v) is 5.96. The second-order valence-electron chi connectivity index (χ2n) is 11.4. The molecule has 3 N–H and O–H groups in total. The monoisotopic (exact) mass is 595 g/mol. The standard InChI is InChI=1S/C35H41N5O4/c1-38(39(2)35(43)44-24-31-29-15-8-6-13-27(29)28-14-7-9-16-30(28)31)23-26-22-25-12-5-10-17-32(25)40(26)21-19-34(42)37-20-11-3-4-18-33(36)41/h5-10,12-17,22,31H,3-4,11,18-21,23-24H2,1-2H3,(H2,36,41)(H,37,42). The number of hydrogen-bond donors (Lipinski definition) is 2. The van der Waals surface area contributed by atoms with Gasteiger partial charge in [-0.25, -0.2) is 14.8 Å². The number of fused-ring (bicyclic) bond motifs is 4. The van der Waals surface area contributed by atoms with Crippen molar-refractivity contribution in [2.45, 2.75) is 51.1 Å². The Balaban J connectivity index is 1.18. The molecule has 0 saturated carbocycles. The lowest BCUT2D eigenvalue weighted by Gasteiger charge is -2.28. The van der Waals surface area contributed by atoms with Gasteiger partial charge in [-0.15, -0.1) is 0 Å². The topological polar surface area (TPSA) is 110 Å². The Hall–Kier alpha value is -4.63. The van der Waals surface area contributed by atoms with Crippen LogP contribution in [0.1, 0.15) is 54.8 Å². The molecule has 9 nitrogen and oxygen atoms in total. The number of nitrogens with zero attached hydrogens (tertiary/aromatic N) is 3. The number of nitrogens with two attached hydrogens (primary N) is 1. The van der Waals surface area contributed by atoms with Crippen molar-refractivity contribution in [1.29, 1.82) is 0 Å². The molecule has 0 spiro atoms. The van der Waals surface area contributed by atoms with Crippen LogP contribution in [-0.2, 0) is 27.4 Å². The first-order valence-electron chi connectivity index (χ1n) is 15.3. The lowest BCUT2D eigenvalue weighted by Crippen LogP contribution is -2.41. The van der Waals surface area contributed by atoms with E-state index in [9.17, 15) is 14.4 Å². The quantitative estimate of drug-likeness (QED) is 0.149. The largest absolute Gasteiger partial charge is 0.447 e. The van der Waals surface area contributed by atoms with Crippen molar-refractivity contribution in [3.8, 4) is 11.1 Å². The Labute approximate surface area is 258 Å². The fourth-order valence-electron chi connectivity index (χ4n) is 5.96. The maximum absolute atomic E-state index is 13.2. The van der Waals surface area contributed by atoms with Crippen LogP contribution < -0.4 is 11.1 Å². The lowest BCUT2D eigenvalue weighted by atomic mass is 9.98. The molecular formula is C35H41N5O4. The molecule has 4 aromatic rings. The second-order valence-corrected chi connectivity index (χ2v) is 11.4. The van der Waals surface area contributed by atoms with E-state index in [1.807, 2.05) is 54.5 Å². The Kier molecular flexibility index (Phi) is 9.96. The van der Waals surface area contributed by atoms with Gasteiger partial charge in [0.2, 0.25) is 11.8 Å². The van der Waals surface area contributed by atoms with Gasteiger partial charge in [-0.3, -0.25) is 9.59 Å². The third kappa shape index (κ3) is 7.11. The highest BCUT2D eigenvalue weighted by atomic mass is 16.6. The number of para-hydroxylation sites is 1. The van der Waals surface area contributed by atoms with E-state index in [2.05, 4.69) is 46.3 Å². The molecule has 3 amide bonds. The highest BCUT2D eigenvalue weighted by Gasteiger charge is 2.30. The van der Waals surface area contributed by atoms with E-state index in [4.69, 9.17) is 10.5 Å². The van der Waals surface area contributed by atoms with Crippen LogP contribution >= 0.6 is 0 Å². The molecule has 1 aliphatic carbocycles. The number of primary amides is 1. The molecule has 1 aliphatic rings. The van der Waals surface area contributed by atoms with Gasteiger partial charge in [0.15, 0.2) is 0 Å². The number of rotatable bonds is 14. The summed E-state index contributed by atoms with van der Waals surface area (Å²) in [5.74, 6) is -0.319. The van der Waals surface area contributed by atoms with Crippen molar-refractivity contribution in [3.63, 3.8) is 0 Å². The average molecular weight is 596 g/mol. The number of hydrogen-bond acceptors (Lipinski definition) is 5. The fraction of sp³-hybridized carbons (Fsp3) is 0.343. The number of unbranched alkanes of at least 4 members (excludes halogenated alkanes) is 2. The zero-order chi connectivity index (χ0) is 31.1. The van der Waals surface area contributed by atoms with Crippen molar-refractivity contribution >= 4 is 28.8 Å². The molecule has 3 aromatic carbocycles. The van der Waals surface area contributed by atoms with Crippen LogP contribution in [0.2, 0.25) is 0 Å². The maximum atomic E-state index is 13.2. The Bertz CT molecular complexity index is 1580. The van der Waals surface area contributed by atoms with Gasteiger partial charge < -0.3 is 20.4 Å². The van der Waals surface area contributed by atoms with Crippen LogP contribution in [0, 0.1) is 0 Å². The van der Waals surface area contributed by atoms with Gasteiger partial charge in [0.05, 0.1) is 6.54 Å². The molecule has 0 saturated heterocycles. The van der Waals surface area contributed by atoms with Crippen molar-refractivity contribution < 1.29 is 19.1 Å². The molecule has 9 heteroatoms. The van der Waals surface area contributed by atoms with Gasteiger partial charge >= 0.3 is 6.09 Å². The van der Waals surface area contributed by atoms with E-state index < -0.39 is 6.09 Å². The van der Waals surface area contributed by atoms with Crippen molar-refractivity contribution in [2.24, 2.45) is 5.73 Å². The van der Waals surface area contributed by atoms with E-state index in [1.165, 1.54) is 27.3 Å². The van der Waals surface area contributed by atoms with Gasteiger partial charge in [-0.05, 0) is 52.6 Å². The summed E-state index contributed by atoms with van der Waals surface area (Å²) in [5.41, 5.74) is 11.9. The molecule has 0 unspecified atom stereocenters. The van der Waals surface area contributed by atoms with Crippen molar-refractivity contribution in [2.75, 3.05) is 27.2 Å². The minimum atomic E-state index is -0.424. The number of hydrazine groups is 1. The zero-order valence-electron chi connectivity index (χ0n) is 25.5. The first kappa shape index (κ1) is 30.8. The van der Waals surface area contributed by atoms with E-state index >= 15 is 0 Å². The SMILES string of the molecule is CN(Cc1cc2ccccc2n1CCC(=O)NCCCCCC(N)=O)N(C)C(=O)OCC1c2ccccc2-c2ccccc21. The van der Waals surface area contributed by atoms with Crippen LogP contribution in [0.15, 0.2) is 78.9 Å².